The maximum Gasteiger partial charge on any atom is 0.321 e. The molecule has 0 bridgehead atoms. The summed E-state index contributed by atoms with van der Waals surface area (Å²) in [5.41, 5.74) is 0. The lowest BCUT2D eigenvalue weighted by Gasteiger charge is -2.31. The number of piperidine rings is 1. The van der Waals surface area contributed by atoms with Gasteiger partial charge in [-0.15, -0.1) is 0 Å². The van der Waals surface area contributed by atoms with Gasteiger partial charge in [0.15, 0.2) is 0 Å². The predicted molar refractivity (Wildman–Crippen MR) is 70.5 cm³/mol. The van der Waals surface area contributed by atoms with Crippen molar-refractivity contribution < 1.29 is 14.4 Å². The summed E-state index contributed by atoms with van der Waals surface area (Å²) in [7, 11) is 4.97. The molecule has 0 aliphatic carbocycles. The van der Waals surface area contributed by atoms with Gasteiger partial charge in [0.05, 0.1) is 6.54 Å². The molecule has 108 valence electrons. The fourth-order valence-corrected chi connectivity index (χ4v) is 2.13. The third-order valence-corrected chi connectivity index (χ3v) is 3.22. The number of amides is 4. The molecule has 1 heterocycles. The molecule has 0 atom stereocenters. The van der Waals surface area contributed by atoms with Gasteiger partial charge < -0.3 is 10.2 Å². The van der Waals surface area contributed by atoms with E-state index in [4.69, 9.17) is 0 Å². The fraction of sp³-hybridized carbons (Fsp3) is 0.750. The summed E-state index contributed by atoms with van der Waals surface area (Å²) in [5, 5.41) is 4.55. The quantitative estimate of drug-likeness (QED) is 0.706. The van der Waals surface area contributed by atoms with E-state index in [0.29, 0.717) is 13.1 Å². The second-order valence-corrected chi connectivity index (χ2v) is 4.91. The van der Waals surface area contributed by atoms with Gasteiger partial charge in [0.1, 0.15) is 0 Å². The Kier molecular flexibility index (Phi) is 5.75. The molecule has 0 aromatic carbocycles. The first-order valence-electron chi connectivity index (χ1n) is 6.39. The number of urea groups is 1. The minimum atomic E-state index is -0.498. The van der Waals surface area contributed by atoms with Gasteiger partial charge in [-0.25, -0.2) is 4.79 Å². The van der Waals surface area contributed by atoms with Gasteiger partial charge in [-0.3, -0.25) is 19.8 Å². The van der Waals surface area contributed by atoms with Crippen molar-refractivity contribution in [2.75, 3.05) is 40.8 Å². The Hall–Kier alpha value is -1.63. The number of carbonyl (C=O) groups excluding carboxylic acids is 3. The molecule has 0 unspecified atom stereocenters. The summed E-state index contributed by atoms with van der Waals surface area (Å²) in [5.74, 6) is -0.126. The predicted octanol–water partition coefficient (Wildman–Crippen LogP) is -0.758. The third-order valence-electron chi connectivity index (χ3n) is 3.22. The monoisotopic (exact) mass is 270 g/mol. The molecule has 4 amide bonds. The van der Waals surface area contributed by atoms with Crippen LogP contribution in [0, 0.1) is 5.92 Å². The molecular weight excluding hydrogens is 248 g/mol. The van der Waals surface area contributed by atoms with Crippen molar-refractivity contribution in [2.45, 2.75) is 12.8 Å². The molecule has 2 N–H and O–H groups in total. The van der Waals surface area contributed by atoms with Gasteiger partial charge in [-0.2, -0.15) is 0 Å². The van der Waals surface area contributed by atoms with E-state index in [1.165, 1.54) is 7.05 Å². The van der Waals surface area contributed by atoms with Gasteiger partial charge >= 0.3 is 6.03 Å². The molecule has 7 nitrogen and oxygen atoms in total. The zero-order chi connectivity index (χ0) is 14.4. The first-order chi connectivity index (χ1) is 8.93. The van der Waals surface area contributed by atoms with Crippen LogP contribution in [0.2, 0.25) is 0 Å². The number of hydrogen-bond acceptors (Lipinski definition) is 4. The third kappa shape index (κ3) is 4.86. The van der Waals surface area contributed by atoms with Crippen LogP contribution in [0.3, 0.4) is 0 Å². The lowest BCUT2D eigenvalue weighted by Crippen LogP contribution is -2.46. The minimum absolute atomic E-state index is 0.0493. The summed E-state index contributed by atoms with van der Waals surface area (Å²) < 4.78 is 0. The van der Waals surface area contributed by atoms with Gasteiger partial charge in [-0.1, -0.05) is 0 Å². The highest BCUT2D eigenvalue weighted by Crippen LogP contribution is 2.18. The summed E-state index contributed by atoms with van der Waals surface area (Å²) in [6.45, 7) is 1.59. The SMILES string of the molecule is CNC(=O)NC(=O)CN1CCC(C(=O)N(C)C)CC1. The van der Waals surface area contributed by atoms with E-state index in [9.17, 15) is 14.4 Å². The van der Waals surface area contributed by atoms with Crippen molar-refractivity contribution in [3.63, 3.8) is 0 Å². The van der Waals surface area contributed by atoms with E-state index in [2.05, 4.69) is 10.6 Å². The average Bonchev–Trinajstić information content (AvgIpc) is 2.38. The minimum Gasteiger partial charge on any atom is -0.349 e. The van der Waals surface area contributed by atoms with Crippen LogP contribution in [-0.4, -0.2) is 68.4 Å². The van der Waals surface area contributed by atoms with Crippen molar-refractivity contribution in [2.24, 2.45) is 5.92 Å². The summed E-state index contributed by atoms with van der Waals surface area (Å²) in [6, 6.07) is -0.498. The standard InChI is InChI=1S/C12H22N4O3/c1-13-12(19)14-10(17)8-16-6-4-9(5-7-16)11(18)15(2)3/h9H,4-8H2,1-3H3,(H2,13,14,17,19). The van der Waals surface area contributed by atoms with Crippen LogP contribution in [0.4, 0.5) is 4.79 Å². The second kappa shape index (κ2) is 7.08. The van der Waals surface area contributed by atoms with Crippen LogP contribution in [0.25, 0.3) is 0 Å². The van der Waals surface area contributed by atoms with Crippen LogP contribution in [0.5, 0.6) is 0 Å². The van der Waals surface area contributed by atoms with Crippen LogP contribution >= 0.6 is 0 Å². The summed E-state index contributed by atoms with van der Waals surface area (Å²) in [4.78, 5) is 37.8. The Morgan fingerprint density at radius 1 is 1.21 bits per heavy atom. The number of imide groups is 1. The first kappa shape index (κ1) is 15.4. The smallest absolute Gasteiger partial charge is 0.321 e. The van der Waals surface area contributed by atoms with Gasteiger partial charge in [-0.05, 0) is 25.9 Å². The molecule has 19 heavy (non-hydrogen) atoms. The maximum absolute atomic E-state index is 11.8. The molecule has 0 aromatic heterocycles. The molecule has 0 saturated carbocycles. The summed E-state index contributed by atoms with van der Waals surface area (Å²) >= 11 is 0. The van der Waals surface area contributed by atoms with Gasteiger partial charge in [0, 0.05) is 27.1 Å². The summed E-state index contributed by atoms with van der Waals surface area (Å²) in [6.07, 6.45) is 1.51. The highest BCUT2D eigenvalue weighted by atomic mass is 16.2. The Morgan fingerprint density at radius 2 is 1.79 bits per heavy atom. The molecule has 0 aromatic rings. The van der Waals surface area contributed by atoms with Crippen molar-refractivity contribution in [1.82, 2.24) is 20.4 Å². The highest BCUT2D eigenvalue weighted by molar-refractivity contribution is 5.95. The Bertz CT molecular complexity index is 349. The van der Waals surface area contributed by atoms with E-state index in [1.54, 1.807) is 19.0 Å². The van der Waals surface area contributed by atoms with Crippen LogP contribution in [0.1, 0.15) is 12.8 Å². The Labute approximate surface area is 113 Å². The number of hydrogen-bond donors (Lipinski definition) is 2. The highest BCUT2D eigenvalue weighted by Gasteiger charge is 2.26. The number of rotatable bonds is 3. The number of carbonyl (C=O) groups is 3. The molecule has 1 aliphatic heterocycles. The normalized spacial score (nSPS) is 16.8. The lowest BCUT2D eigenvalue weighted by atomic mass is 9.95. The van der Waals surface area contributed by atoms with Gasteiger partial charge in [0.25, 0.3) is 0 Å². The molecule has 0 spiro atoms. The number of nitrogens with one attached hydrogen (secondary N) is 2. The Morgan fingerprint density at radius 3 is 2.26 bits per heavy atom. The molecule has 7 heteroatoms. The van der Waals surface area contributed by atoms with Crippen molar-refractivity contribution >= 4 is 17.8 Å². The van der Waals surface area contributed by atoms with Crippen LogP contribution < -0.4 is 10.6 Å². The van der Waals surface area contributed by atoms with E-state index in [-0.39, 0.29) is 24.3 Å². The fourth-order valence-electron chi connectivity index (χ4n) is 2.13. The van der Waals surface area contributed by atoms with E-state index < -0.39 is 6.03 Å². The van der Waals surface area contributed by atoms with Crippen molar-refractivity contribution in [3.8, 4) is 0 Å². The molecular formula is C12H22N4O3. The molecule has 0 radical (unpaired) electrons. The second-order valence-electron chi connectivity index (χ2n) is 4.91. The van der Waals surface area contributed by atoms with Crippen molar-refractivity contribution in [3.05, 3.63) is 0 Å². The Balaban J connectivity index is 2.32. The van der Waals surface area contributed by atoms with E-state index in [0.717, 1.165) is 12.8 Å². The van der Waals surface area contributed by atoms with E-state index >= 15 is 0 Å². The first-order valence-corrected chi connectivity index (χ1v) is 6.39. The van der Waals surface area contributed by atoms with Crippen LogP contribution in [-0.2, 0) is 9.59 Å². The topological polar surface area (TPSA) is 81.8 Å². The molecule has 1 aliphatic rings. The maximum atomic E-state index is 11.8. The zero-order valence-electron chi connectivity index (χ0n) is 11.7. The zero-order valence-corrected chi connectivity index (χ0v) is 11.7. The largest absolute Gasteiger partial charge is 0.349 e. The number of nitrogens with zero attached hydrogens (tertiary/aromatic N) is 2. The molecule has 1 fully saturated rings. The number of likely N-dealkylation sites (tertiary alicyclic amines) is 1. The van der Waals surface area contributed by atoms with Crippen LogP contribution in [0.15, 0.2) is 0 Å². The average molecular weight is 270 g/mol. The lowest BCUT2D eigenvalue weighted by molar-refractivity contribution is -0.134. The molecule has 1 rings (SSSR count). The molecule has 1 saturated heterocycles. The van der Waals surface area contributed by atoms with Gasteiger partial charge in [0.2, 0.25) is 11.8 Å². The van der Waals surface area contributed by atoms with E-state index in [1.807, 2.05) is 4.90 Å². The van der Waals surface area contributed by atoms with Crippen molar-refractivity contribution in [1.29, 1.82) is 0 Å².